The third-order valence-corrected chi connectivity index (χ3v) is 3.96. The van der Waals surface area contributed by atoms with Gasteiger partial charge in [0.25, 0.3) is 0 Å². The average Bonchev–Trinajstić information content (AvgIpc) is 2.61. The van der Waals surface area contributed by atoms with Crippen molar-refractivity contribution < 1.29 is 24.6 Å². The molecule has 0 saturated carbocycles. The van der Waals surface area contributed by atoms with E-state index >= 15 is 0 Å². The van der Waals surface area contributed by atoms with Gasteiger partial charge in [0.1, 0.15) is 0 Å². The van der Waals surface area contributed by atoms with Crippen molar-refractivity contribution in [1.29, 1.82) is 0 Å². The highest BCUT2D eigenvalue weighted by Gasteiger charge is 2.13. The fraction of sp³-hybridized carbons (Fsp3) is 0.0952. The number of aromatic carboxylic acids is 2. The van der Waals surface area contributed by atoms with Crippen LogP contribution < -0.4 is 0 Å². The third kappa shape index (κ3) is 4.13. The number of carboxylic acid groups (broad SMARTS) is 2. The van der Waals surface area contributed by atoms with Gasteiger partial charge in [-0.3, -0.25) is 4.79 Å². The molecule has 2 N–H and O–H groups in total. The van der Waals surface area contributed by atoms with Crippen molar-refractivity contribution in [3.63, 3.8) is 0 Å². The molecule has 0 unspecified atom stereocenters. The highest BCUT2D eigenvalue weighted by atomic mass is 16.4. The molecule has 0 aliphatic rings. The van der Waals surface area contributed by atoms with Crippen LogP contribution in [-0.4, -0.2) is 27.9 Å². The lowest BCUT2D eigenvalue weighted by Gasteiger charge is -2.03. The highest BCUT2D eigenvalue weighted by Crippen LogP contribution is 2.18. The van der Waals surface area contributed by atoms with E-state index in [-0.39, 0.29) is 22.5 Å². The van der Waals surface area contributed by atoms with Gasteiger partial charge < -0.3 is 10.2 Å². The molecule has 3 aromatic carbocycles. The summed E-state index contributed by atoms with van der Waals surface area (Å²) in [5.41, 5.74) is 1.14. The van der Waals surface area contributed by atoms with Crippen molar-refractivity contribution in [3.8, 4) is 0 Å². The van der Waals surface area contributed by atoms with Crippen LogP contribution in [0.4, 0.5) is 0 Å². The lowest BCUT2D eigenvalue weighted by Crippen LogP contribution is -2.06. The number of ketones is 1. The normalized spacial score (nSPS) is 9.92. The first kappa shape index (κ1) is 18.9. The number of benzene rings is 3. The number of hydrogen-bond donors (Lipinski definition) is 2. The number of fused-ring (bicyclic) bond motifs is 1. The zero-order chi connectivity index (χ0) is 19.3. The van der Waals surface area contributed by atoms with Crippen molar-refractivity contribution >= 4 is 28.5 Å². The van der Waals surface area contributed by atoms with Gasteiger partial charge in [-0.2, -0.15) is 0 Å². The SMILES string of the molecule is CC(=O)c1cccc2ccccc12.Cc1c(C(=O)O)cccc1C(=O)O. The van der Waals surface area contributed by atoms with Crippen LogP contribution in [-0.2, 0) is 0 Å². The lowest BCUT2D eigenvalue weighted by molar-refractivity contribution is 0.0696. The Kier molecular flexibility index (Phi) is 5.86. The van der Waals surface area contributed by atoms with Crippen LogP contribution in [0.1, 0.15) is 43.6 Å². The minimum atomic E-state index is -1.11. The Bertz CT molecular complexity index is 951. The second kappa shape index (κ2) is 8.07. The van der Waals surface area contributed by atoms with Crippen molar-refractivity contribution in [2.75, 3.05) is 0 Å². The zero-order valence-electron chi connectivity index (χ0n) is 14.4. The van der Waals surface area contributed by atoms with Crippen molar-refractivity contribution in [3.05, 3.63) is 82.9 Å². The molecule has 0 atom stereocenters. The first-order valence-electron chi connectivity index (χ1n) is 7.87. The van der Waals surface area contributed by atoms with Crippen LogP contribution in [0.3, 0.4) is 0 Å². The van der Waals surface area contributed by atoms with Gasteiger partial charge >= 0.3 is 11.9 Å². The van der Waals surface area contributed by atoms with Gasteiger partial charge in [0.05, 0.1) is 11.1 Å². The van der Waals surface area contributed by atoms with E-state index in [1.54, 1.807) is 6.92 Å². The van der Waals surface area contributed by atoms with E-state index < -0.39 is 11.9 Å². The molecule has 5 nitrogen and oxygen atoms in total. The monoisotopic (exact) mass is 350 g/mol. The van der Waals surface area contributed by atoms with Gasteiger partial charge in [-0.1, -0.05) is 48.5 Å². The summed E-state index contributed by atoms with van der Waals surface area (Å²) in [4.78, 5) is 32.5. The summed E-state index contributed by atoms with van der Waals surface area (Å²) in [5, 5.41) is 19.5. The summed E-state index contributed by atoms with van der Waals surface area (Å²) < 4.78 is 0. The molecule has 0 aromatic heterocycles. The minimum Gasteiger partial charge on any atom is -0.478 e. The Balaban J connectivity index is 0.000000187. The minimum absolute atomic E-state index is 0.0277. The summed E-state index contributed by atoms with van der Waals surface area (Å²) in [6.07, 6.45) is 0. The van der Waals surface area contributed by atoms with E-state index in [0.717, 1.165) is 16.3 Å². The number of rotatable bonds is 3. The molecular formula is C21H18O5. The van der Waals surface area contributed by atoms with E-state index in [9.17, 15) is 14.4 Å². The zero-order valence-corrected chi connectivity index (χ0v) is 14.4. The summed E-state index contributed by atoms with van der Waals surface area (Å²) >= 11 is 0. The largest absolute Gasteiger partial charge is 0.478 e. The number of Topliss-reactive ketones (excluding diaryl/α,β-unsaturated/α-hetero) is 1. The molecule has 0 radical (unpaired) electrons. The smallest absolute Gasteiger partial charge is 0.335 e. The van der Waals surface area contributed by atoms with Crippen LogP contribution in [0.2, 0.25) is 0 Å². The molecule has 3 rings (SSSR count). The second-order valence-corrected chi connectivity index (χ2v) is 5.67. The van der Waals surface area contributed by atoms with Crippen molar-refractivity contribution in [2.45, 2.75) is 13.8 Å². The molecule has 3 aromatic rings. The van der Waals surface area contributed by atoms with Crippen LogP contribution in [0.25, 0.3) is 10.8 Å². The van der Waals surface area contributed by atoms with Crippen LogP contribution in [0.5, 0.6) is 0 Å². The standard InChI is InChI=1S/C12H10O.C9H8O4/c1-9(13)11-8-4-6-10-5-2-3-7-12(10)11;1-5-6(8(10)11)3-2-4-7(5)9(12)13/h2-8H,1H3;2-4H,1H3,(H,10,11)(H,12,13). The first-order chi connectivity index (χ1) is 12.3. The average molecular weight is 350 g/mol. The summed E-state index contributed by atoms with van der Waals surface area (Å²) in [5.74, 6) is -2.10. The van der Waals surface area contributed by atoms with Gasteiger partial charge in [0.15, 0.2) is 5.78 Å². The predicted molar refractivity (Wildman–Crippen MR) is 99.1 cm³/mol. The van der Waals surface area contributed by atoms with Crippen molar-refractivity contribution in [2.24, 2.45) is 0 Å². The quantitative estimate of drug-likeness (QED) is 0.682. The van der Waals surface area contributed by atoms with E-state index in [1.165, 1.54) is 25.1 Å². The van der Waals surface area contributed by atoms with Crippen LogP contribution in [0, 0.1) is 6.92 Å². The molecule has 0 fully saturated rings. The van der Waals surface area contributed by atoms with Gasteiger partial charge in [-0.15, -0.1) is 0 Å². The molecule has 0 bridgehead atoms. The summed E-state index contributed by atoms with van der Waals surface area (Å²) in [6, 6.07) is 17.9. The maximum Gasteiger partial charge on any atom is 0.335 e. The Morgan fingerprint density at radius 1 is 0.692 bits per heavy atom. The molecule has 26 heavy (non-hydrogen) atoms. The molecule has 5 heteroatoms. The van der Waals surface area contributed by atoms with E-state index in [1.807, 2.05) is 42.5 Å². The number of hydrogen-bond acceptors (Lipinski definition) is 3. The molecule has 0 heterocycles. The molecule has 132 valence electrons. The first-order valence-corrected chi connectivity index (χ1v) is 7.87. The highest BCUT2D eigenvalue weighted by molar-refractivity contribution is 6.06. The van der Waals surface area contributed by atoms with Gasteiger partial charge in [0.2, 0.25) is 0 Å². The van der Waals surface area contributed by atoms with Gasteiger partial charge in [-0.25, -0.2) is 9.59 Å². The molecule has 0 spiro atoms. The molecule has 0 aliphatic carbocycles. The van der Waals surface area contributed by atoms with Gasteiger partial charge in [0, 0.05) is 5.56 Å². The maximum absolute atomic E-state index is 11.3. The van der Waals surface area contributed by atoms with Gasteiger partial charge in [-0.05, 0) is 42.3 Å². The summed E-state index contributed by atoms with van der Waals surface area (Å²) in [6.45, 7) is 3.08. The van der Waals surface area contributed by atoms with E-state index in [0.29, 0.717) is 0 Å². The lowest BCUT2D eigenvalue weighted by atomic mass is 10.0. The molecular weight excluding hydrogens is 332 g/mol. The van der Waals surface area contributed by atoms with E-state index in [2.05, 4.69) is 0 Å². The summed E-state index contributed by atoms with van der Waals surface area (Å²) in [7, 11) is 0. The van der Waals surface area contributed by atoms with Crippen LogP contribution in [0.15, 0.2) is 60.7 Å². The molecule has 0 aliphatic heterocycles. The Labute approximate surface area is 150 Å². The van der Waals surface area contributed by atoms with Crippen LogP contribution >= 0.6 is 0 Å². The number of carboxylic acids is 2. The van der Waals surface area contributed by atoms with Crippen molar-refractivity contribution in [1.82, 2.24) is 0 Å². The Morgan fingerprint density at radius 2 is 1.15 bits per heavy atom. The fourth-order valence-electron chi connectivity index (χ4n) is 2.63. The van der Waals surface area contributed by atoms with E-state index in [4.69, 9.17) is 10.2 Å². The predicted octanol–water partition coefficient (Wildman–Crippen LogP) is 4.43. The third-order valence-electron chi connectivity index (χ3n) is 3.96. The Morgan fingerprint density at radius 3 is 1.69 bits per heavy atom. The number of carbonyl (C=O) groups excluding carboxylic acids is 1. The Hall–Kier alpha value is -3.47. The maximum atomic E-state index is 11.3. The fourth-order valence-corrected chi connectivity index (χ4v) is 2.63. The molecule has 0 saturated heterocycles. The topological polar surface area (TPSA) is 91.7 Å². The number of carbonyl (C=O) groups is 3. The second-order valence-electron chi connectivity index (χ2n) is 5.67. The molecule has 0 amide bonds.